The van der Waals surface area contributed by atoms with Crippen LogP contribution in [0.2, 0.25) is 5.02 Å². The highest BCUT2D eigenvalue weighted by atomic mass is 35.5. The summed E-state index contributed by atoms with van der Waals surface area (Å²) in [7, 11) is 0. The third-order valence-electron chi connectivity index (χ3n) is 4.83. The van der Waals surface area contributed by atoms with Crippen molar-refractivity contribution in [3.05, 3.63) is 28.8 Å². The number of rotatable bonds is 7. The van der Waals surface area contributed by atoms with Gasteiger partial charge in [-0.05, 0) is 50.0 Å². The van der Waals surface area contributed by atoms with Gasteiger partial charge in [-0.1, -0.05) is 17.7 Å². The number of carbonyl (C=O) groups excluding carboxylic acids is 1. The zero-order valence-electron chi connectivity index (χ0n) is 14.0. The monoisotopic (exact) mass is 351 g/mol. The number of nitrogens with one attached hydrogen (secondary N) is 1. The Kier molecular flexibility index (Phi) is 6.35. The Hall–Kier alpha value is -1.30. The first-order valence-electron chi connectivity index (χ1n) is 8.79. The van der Waals surface area contributed by atoms with E-state index in [1.165, 1.54) is 12.8 Å². The first-order valence-corrected chi connectivity index (χ1v) is 9.17. The number of anilines is 1. The predicted octanol–water partition coefficient (Wildman–Crippen LogP) is 1.93. The van der Waals surface area contributed by atoms with Gasteiger partial charge in [0.2, 0.25) is 6.41 Å². The molecule has 1 N–H and O–H groups in total. The summed E-state index contributed by atoms with van der Waals surface area (Å²) in [6, 6.07) is 6.39. The second-order valence-corrected chi connectivity index (χ2v) is 6.99. The zero-order valence-corrected chi connectivity index (χ0v) is 14.8. The first kappa shape index (κ1) is 17.5. The van der Waals surface area contributed by atoms with Crippen molar-refractivity contribution in [3.63, 3.8) is 0 Å². The molecule has 0 saturated carbocycles. The Morgan fingerprint density at radius 2 is 1.96 bits per heavy atom. The Labute approximate surface area is 148 Å². The van der Waals surface area contributed by atoms with E-state index in [9.17, 15) is 4.79 Å². The molecule has 1 aromatic carbocycles. The van der Waals surface area contributed by atoms with Gasteiger partial charge >= 0.3 is 0 Å². The fourth-order valence-electron chi connectivity index (χ4n) is 3.57. The number of nitrogens with zero attached hydrogens (tertiary/aromatic N) is 2. The van der Waals surface area contributed by atoms with Crippen molar-refractivity contribution in [2.45, 2.75) is 25.3 Å². The minimum absolute atomic E-state index is 0.130. The third kappa shape index (κ3) is 4.62. The molecule has 1 unspecified atom stereocenters. The topological polar surface area (TPSA) is 44.8 Å². The summed E-state index contributed by atoms with van der Waals surface area (Å²) < 4.78 is 5.40. The molecule has 0 aliphatic carbocycles. The first-order chi connectivity index (χ1) is 11.8. The van der Waals surface area contributed by atoms with Gasteiger partial charge in [-0.15, -0.1) is 0 Å². The number of hydrogen-bond acceptors (Lipinski definition) is 4. The minimum atomic E-state index is 0.130. The Balaban J connectivity index is 1.64. The number of ether oxygens (including phenoxy) is 1. The van der Waals surface area contributed by atoms with E-state index in [-0.39, 0.29) is 6.04 Å². The van der Waals surface area contributed by atoms with Crippen LogP contribution in [0.5, 0.6) is 0 Å². The van der Waals surface area contributed by atoms with Crippen molar-refractivity contribution in [1.82, 2.24) is 10.2 Å². The number of hydrogen-bond donors (Lipinski definition) is 1. The summed E-state index contributed by atoms with van der Waals surface area (Å²) in [6.45, 7) is 6.42. The normalized spacial score (nSPS) is 20.1. The van der Waals surface area contributed by atoms with Crippen LogP contribution in [-0.2, 0) is 16.0 Å². The lowest BCUT2D eigenvalue weighted by molar-refractivity contribution is -0.110. The van der Waals surface area contributed by atoms with Crippen molar-refractivity contribution < 1.29 is 9.53 Å². The quantitative estimate of drug-likeness (QED) is 0.762. The van der Waals surface area contributed by atoms with Crippen molar-refractivity contribution in [2.75, 3.05) is 50.8 Å². The van der Waals surface area contributed by atoms with Crippen LogP contribution in [0.3, 0.4) is 0 Å². The average molecular weight is 352 g/mol. The van der Waals surface area contributed by atoms with Gasteiger partial charge in [-0.3, -0.25) is 4.79 Å². The molecule has 2 aliphatic rings. The molecule has 1 amide bonds. The van der Waals surface area contributed by atoms with E-state index in [1.807, 2.05) is 6.07 Å². The van der Waals surface area contributed by atoms with E-state index in [2.05, 4.69) is 27.2 Å². The molecule has 0 spiro atoms. The summed E-state index contributed by atoms with van der Waals surface area (Å²) in [4.78, 5) is 15.6. The van der Waals surface area contributed by atoms with Crippen LogP contribution in [0.4, 0.5) is 5.69 Å². The lowest BCUT2D eigenvalue weighted by atomic mass is 10.0. The fraction of sp³-hybridized carbons (Fsp3) is 0.611. The molecule has 2 fully saturated rings. The van der Waals surface area contributed by atoms with Gasteiger partial charge in [0.25, 0.3) is 0 Å². The van der Waals surface area contributed by atoms with Gasteiger partial charge in [0.15, 0.2) is 0 Å². The molecule has 0 aromatic heterocycles. The number of benzene rings is 1. The van der Waals surface area contributed by atoms with Crippen molar-refractivity contribution in [3.8, 4) is 0 Å². The number of amides is 1. The standard InChI is InChI=1S/C18H26ClN3O2/c19-17-12-15(3-4-18(17)22-7-9-24-10-8-22)11-16(20-14-23)13-21-5-1-2-6-21/h3-4,12,14,16H,1-2,5-11,13H2,(H,20,23). The maximum Gasteiger partial charge on any atom is 0.207 e. The lowest BCUT2D eigenvalue weighted by Gasteiger charge is -2.30. The van der Waals surface area contributed by atoms with Crippen molar-refractivity contribution in [1.29, 1.82) is 0 Å². The van der Waals surface area contributed by atoms with Gasteiger partial charge < -0.3 is 19.9 Å². The maximum absolute atomic E-state index is 10.9. The molecule has 2 saturated heterocycles. The minimum Gasteiger partial charge on any atom is -0.378 e. The van der Waals surface area contributed by atoms with E-state index in [0.29, 0.717) is 0 Å². The SMILES string of the molecule is O=CNC(Cc1ccc(N2CCOCC2)c(Cl)c1)CN1CCCC1. The van der Waals surface area contributed by atoms with Gasteiger partial charge in [-0.25, -0.2) is 0 Å². The molecule has 0 radical (unpaired) electrons. The second-order valence-electron chi connectivity index (χ2n) is 6.58. The predicted molar refractivity (Wildman–Crippen MR) is 96.8 cm³/mol. The summed E-state index contributed by atoms with van der Waals surface area (Å²) in [5, 5.41) is 3.74. The summed E-state index contributed by atoms with van der Waals surface area (Å²) in [5.74, 6) is 0. The van der Waals surface area contributed by atoms with Crippen LogP contribution >= 0.6 is 11.6 Å². The van der Waals surface area contributed by atoms with Gasteiger partial charge in [-0.2, -0.15) is 0 Å². The van der Waals surface area contributed by atoms with Crippen molar-refractivity contribution >= 4 is 23.7 Å². The van der Waals surface area contributed by atoms with E-state index >= 15 is 0 Å². The highest BCUT2D eigenvalue weighted by Crippen LogP contribution is 2.28. The van der Waals surface area contributed by atoms with Gasteiger partial charge in [0.05, 0.1) is 23.9 Å². The van der Waals surface area contributed by atoms with Crippen LogP contribution in [0, 0.1) is 0 Å². The lowest BCUT2D eigenvalue weighted by Crippen LogP contribution is -2.41. The molecular weight excluding hydrogens is 326 g/mol. The number of likely N-dealkylation sites (tertiary alicyclic amines) is 1. The number of halogens is 1. The second kappa shape index (κ2) is 8.70. The molecule has 2 heterocycles. The Bertz CT molecular complexity index is 543. The molecule has 5 nitrogen and oxygen atoms in total. The van der Waals surface area contributed by atoms with Gasteiger partial charge in [0.1, 0.15) is 0 Å². The van der Waals surface area contributed by atoms with Crippen LogP contribution in [0.1, 0.15) is 18.4 Å². The highest BCUT2D eigenvalue weighted by molar-refractivity contribution is 6.33. The third-order valence-corrected chi connectivity index (χ3v) is 5.13. The molecule has 0 bridgehead atoms. The van der Waals surface area contributed by atoms with E-state index in [1.54, 1.807) is 0 Å². The van der Waals surface area contributed by atoms with E-state index in [0.717, 1.165) is 75.0 Å². The van der Waals surface area contributed by atoms with Crippen LogP contribution in [0.25, 0.3) is 0 Å². The molecule has 1 atom stereocenters. The fourth-order valence-corrected chi connectivity index (χ4v) is 3.89. The summed E-state index contributed by atoms with van der Waals surface area (Å²) in [6.07, 6.45) is 4.13. The molecule has 1 aromatic rings. The van der Waals surface area contributed by atoms with E-state index in [4.69, 9.17) is 16.3 Å². The molecule has 6 heteroatoms. The Morgan fingerprint density at radius 3 is 2.62 bits per heavy atom. The summed E-state index contributed by atoms with van der Waals surface area (Å²) in [5.41, 5.74) is 2.23. The zero-order chi connectivity index (χ0) is 16.8. The smallest absolute Gasteiger partial charge is 0.207 e. The van der Waals surface area contributed by atoms with Crippen LogP contribution in [-0.4, -0.2) is 63.3 Å². The average Bonchev–Trinajstić information content (AvgIpc) is 3.09. The molecule has 3 rings (SSSR count). The largest absolute Gasteiger partial charge is 0.378 e. The van der Waals surface area contributed by atoms with Crippen LogP contribution < -0.4 is 10.2 Å². The molecule has 2 aliphatic heterocycles. The van der Waals surface area contributed by atoms with Gasteiger partial charge in [0, 0.05) is 25.7 Å². The van der Waals surface area contributed by atoms with Crippen molar-refractivity contribution in [2.24, 2.45) is 0 Å². The number of carbonyl (C=O) groups is 1. The highest BCUT2D eigenvalue weighted by Gasteiger charge is 2.19. The Morgan fingerprint density at radius 1 is 1.21 bits per heavy atom. The van der Waals surface area contributed by atoms with E-state index < -0.39 is 0 Å². The molecule has 132 valence electrons. The summed E-state index contributed by atoms with van der Waals surface area (Å²) >= 11 is 6.51. The van der Waals surface area contributed by atoms with Crippen LogP contribution in [0.15, 0.2) is 18.2 Å². The maximum atomic E-state index is 10.9. The number of morpholine rings is 1. The molecular formula is C18H26ClN3O2. The molecule has 24 heavy (non-hydrogen) atoms.